The van der Waals surface area contributed by atoms with Crippen LogP contribution < -0.4 is 10.2 Å². The van der Waals surface area contributed by atoms with Gasteiger partial charge in [-0.3, -0.25) is 0 Å². The summed E-state index contributed by atoms with van der Waals surface area (Å²) in [5.41, 5.74) is 0. The molecule has 2 N–H and O–H groups in total. The number of hydrogen-bond acceptors (Lipinski definition) is 6. The van der Waals surface area contributed by atoms with E-state index in [1.807, 2.05) is 18.5 Å². The fourth-order valence-electron chi connectivity index (χ4n) is 2.87. The third-order valence-corrected chi connectivity index (χ3v) is 4.11. The van der Waals surface area contributed by atoms with Gasteiger partial charge in [-0.1, -0.05) is 6.92 Å². The minimum atomic E-state index is -0.246. The van der Waals surface area contributed by atoms with E-state index in [0.29, 0.717) is 12.5 Å². The summed E-state index contributed by atoms with van der Waals surface area (Å²) >= 11 is 0. The first-order valence-electron chi connectivity index (χ1n) is 8.26. The first kappa shape index (κ1) is 15.7. The Bertz CT molecular complexity index is 629. The Morgan fingerprint density at radius 1 is 1.35 bits per heavy atom. The zero-order chi connectivity index (χ0) is 16.1. The Kier molecular flexibility index (Phi) is 5.07. The van der Waals surface area contributed by atoms with E-state index in [4.69, 9.17) is 0 Å². The summed E-state index contributed by atoms with van der Waals surface area (Å²) in [5, 5.41) is 12.9. The summed E-state index contributed by atoms with van der Waals surface area (Å²) in [6.45, 7) is 5.36. The van der Waals surface area contributed by atoms with E-state index in [1.54, 1.807) is 6.20 Å². The zero-order valence-corrected chi connectivity index (χ0v) is 13.5. The fraction of sp³-hybridized carbons (Fsp3) is 0.562. The molecule has 1 aliphatic rings. The van der Waals surface area contributed by atoms with E-state index in [-0.39, 0.29) is 6.10 Å². The van der Waals surface area contributed by atoms with Crippen LogP contribution in [0.25, 0.3) is 0 Å². The molecule has 1 saturated heterocycles. The Morgan fingerprint density at radius 3 is 3.04 bits per heavy atom. The molecular weight excluding hydrogens is 292 g/mol. The van der Waals surface area contributed by atoms with E-state index in [0.717, 1.165) is 50.5 Å². The number of aliphatic hydroxyl groups is 1. The number of aliphatic hydroxyl groups excluding tert-OH is 1. The molecule has 0 bridgehead atoms. The lowest BCUT2D eigenvalue weighted by Crippen LogP contribution is -2.22. The molecule has 0 spiro atoms. The second-order valence-corrected chi connectivity index (χ2v) is 5.80. The number of anilines is 2. The van der Waals surface area contributed by atoms with Crippen molar-refractivity contribution in [3.8, 4) is 0 Å². The van der Waals surface area contributed by atoms with Gasteiger partial charge in [0.1, 0.15) is 11.6 Å². The third kappa shape index (κ3) is 3.98. The number of aromatic nitrogens is 4. The molecule has 2 aromatic heterocycles. The van der Waals surface area contributed by atoms with Crippen molar-refractivity contribution in [1.82, 2.24) is 19.5 Å². The normalized spacial score (nSPS) is 17.7. The summed E-state index contributed by atoms with van der Waals surface area (Å²) in [5.74, 6) is 2.64. The van der Waals surface area contributed by atoms with Crippen molar-refractivity contribution < 1.29 is 5.11 Å². The number of aryl methyl sites for hydroxylation is 2. The van der Waals surface area contributed by atoms with Gasteiger partial charge in [0.25, 0.3) is 0 Å². The summed E-state index contributed by atoms with van der Waals surface area (Å²) < 4.78 is 2.19. The van der Waals surface area contributed by atoms with E-state index in [1.165, 1.54) is 0 Å². The van der Waals surface area contributed by atoms with Crippen LogP contribution in [0, 0.1) is 0 Å². The highest BCUT2D eigenvalue weighted by Gasteiger charge is 2.21. The van der Waals surface area contributed by atoms with Crippen LogP contribution in [-0.2, 0) is 13.0 Å². The van der Waals surface area contributed by atoms with Crippen molar-refractivity contribution in [2.75, 3.05) is 29.9 Å². The average molecular weight is 316 g/mol. The summed E-state index contributed by atoms with van der Waals surface area (Å²) in [6.07, 6.45) is 8.13. The van der Waals surface area contributed by atoms with Crippen LogP contribution in [0.1, 0.15) is 25.6 Å². The predicted molar refractivity (Wildman–Crippen MR) is 89.6 cm³/mol. The summed E-state index contributed by atoms with van der Waals surface area (Å²) in [7, 11) is 0. The van der Waals surface area contributed by atoms with Gasteiger partial charge in [0.05, 0.1) is 6.10 Å². The van der Waals surface area contributed by atoms with Crippen molar-refractivity contribution in [2.24, 2.45) is 0 Å². The lowest BCUT2D eigenvalue weighted by molar-refractivity contribution is 0.198. The molecule has 23 heavy (non-hydrogen) atoms. The maximum Gasteiger partial charge on any atom is 0.224 e. The smallest absolute Gasteiger partial charge is 0.224 e. The molecule has 1 aliphatic heterocycles. The lowest BCUT2D eigenvalue weighted by Gasteiger charge is -2.17. The molecule has 0 aliphatic carbocycles. The van der Waals surface area contributed by atoms with Gasteiger partial charge in [-0.05, 0) is 18.9 Å². The molecule has 1 fully saturated rings. The molecule has 0 saturated carbocycles. The van der Waals surface area contributed by atoms with Crippen LogP contribution in [-0.4, -0.2) is 50.4 Å². The Hall–Kier alpha value is -2.15. The summed E-state index contributed by atoms with van der Waals surface area (Å²) in [4.78, 5) is 15.2. The van der Waals surface area contributed by atoms with Gasteiger partial charge in [-0.15, -0.1) is 0 Å². The number of nitrogens with zero attached hydrogens (tertiary/aromatic N) is 5. The van der Waals surface area contributed by atoms with Gasteiger partial charge in [0.2, 0.25) is 5.95 Å². The lowest BCUT2D eigenvalue weighted by atomic mass is 10.3. The number of rotatable bonds is 7. The van der Waals surface area contributed by atoms with Crippen molar-refractivity contribution in [2.45, 2.75) is 38.8 Å². The van der Waals surface area contributed by atoms with E-state index in [9.17, 15) is 5.11 Å². The van der Waals surface area contributed by atoms with Crippen molar-refractivity contribution >= 4 is 11.8 Å². The Morgan fingerprint density at radius 2 is 2.26 bits per heavy atom. The molecule has 3 heterocycles. The molecule has 0 aromatic carbocycles. The van der Waals surface area contributed by atoms with Crippen LogP contribution in [0.5, 0.6) is 0 Å². The second kappa shape index (κ2) is 7.41. The first-order chi connectivity index (χ1) is 11.3. The quantitative estimate of drug-likeness (QED) is 0.750. The highest BCUT2D eigenvalue weighted by atomic mass is 16.3. The Labute approximate surface area is 136 Å². The summed E-state index contributed by atoms with van der Waals surface area (Å²) in [6, 6.07) is 1.89. The molecule has 0 radical (unpaired) electrons. The van der Waals surface area contributed by atoms with E-state index >= 15 is 0 Å². The monoisotopic (exact) mass is 316 g/mol. The molecule has 124 valence electrons. The largest absolute Gasteiger partial charge is 0.391 e. The molecular formula is C16H24N6O. The van der Waals surface area contributed by atoms with Crippen LogP contribution in [0.2, 0.25) is 0 Å². The van der Waals surface area contributed by atoms with Crippen molar-refractivity contribution in [1.29, 1.82) is 0 Å². The molecule has 7 nitrogen and oxygen atoms in total. The van der Waals surface area contributed by atoms with Gasteiger partial charge < -0.3 is 19.9 Å². The number of imidazole rings is 1. The van der Waals surface area contributed by atoms with Gasteiger partial charge in [-0.2, -0.15) is 4.98 Å². The SMILES string of the molecule is CCc1nccn1CCCNc1nccc(N2CCC(O)C2)n1. The third-order valence-electron chi connectivity index (χ3n) is 4.11. The first-order valence-corrected chi connectivity index (χ1v) is 8.26. The topological polar surface area (TPSA) is 79.1 Å². The Balaban J connectivity index is 1.49. The van der Waals surface area contributed by atoms with Crippen LogP contribution in [0.15, 0.2) is 24.7 Å². The molecule has 1 atom stereocenters. The standard InChI is InChI=1S/C16H24N6O/c1-2-14-17-8-11-21(14)9-3-6-18-16-19-7-4-15(20-16)22-10-5-13(23)12-22/h4,7-8,11,13,23H,2-3,5-6,9-10,12H2,1H3,(H,18,19,20). The maximum absolute atomic E-state index is 9.63. The number of β-amino-alcohol motifs (C(OH)–C–C–N with tert-alkyl or cyclic N) is 1. The predicted octanol–water partition coefficient (Wildman–Crippen LogP) is 1.31. The van der Waals surface area contributed by atoms with E-state index < -0.39 is 0 Å². The van der Waals surface area contributed by atoms with Gasteiger partial charge in [0.15, 0.2) is 0 Å². The second-order valence-electron chi connectivity index (χ2n) is 5.80. The zero-order valence-electron chi connectivity index (χ0n) is 13.5. The van der Waals surface area contributed by atoms with Gasteiger partial charge >= 0.3 is 0 Å². The average Bonchev–Trinajstić information content (AvgIpc) is 3.20. The molecule has 1 unspecified atom stereocenters. The van der Waals surface area contributed by atoms with Crippen LogP contribution in [0.3, 0.4) is 0 Å². The van der Waals surface area contributed by atoms with Crippen molar-refractivity contribution in [3.05, 3.63) is 30.5 Å². The fourth-order valence-corrected chi connectivity index (χ4v) is 2.87. The van der Waals surface area contributed by atoms with Crippen LogP contribution >= 0.6 is 0 Å². The van der Waals surface area contributed by atoms with Gasteiger partial charge in [-0.25, -0.2) is 9.97 Å². The van der Waals surface area contributed by atoms with Crippen LogP contribution in [0.4, 0.5) is 11.8 Å². The highest BCUT2D eigenvalue weighted by Crippen LogP contribution is 2.18. The van der Waals surface area contributed by atoms with Crippen molar-refractivity contribution in [3.63, 3.8) is 0 Å². The maximum atomic E-state index is 9.63. The van der Waals surface area contributed by atoms with E-state index in [2.05, 4.69) is 36.7 Å². The molecule has 0 amide bonds. The minimum absolute atomic E-state index is 0.246. The highest BCUT2D eigenvalue weighted by molar-refractivity contribution is 5.43. The molecule has 3 rings (SSSR count). The molecule has 2 aromatic rings. The van der Waals surface area contributed by atoms with Gasteiger partial charge in [0, 0.05) is 51.2 Å². The minimum Gasteiger partial charge on any atom is -0.391 e. The molecule has 7 heteroatoms. The number of nitrogens with one attached hydrogen (secondary N) is 1. The number of hydrogen-bond donors (Lipinski definition) is 2.